The van der Waals surface area contributed by atoms with E-state index in [9.17, 15) is 9.59 Å². The van der Waals surface area contributed by atoms with Crippen molar-refractivity contribution in [3.63, 3.8) is 0 Å². The Bertz CT molecular complexity index is 1060. The number of esters is 2. The van der Waals surface area contributed by atoms with E-state index in [1.165, 1.54) is 0 Å². The highest BCUT2D eigenvalue weighted by molar-refractivity contribution is 6.36. The van der Waals surface area contributed by atoms with Crippen LogP contribution in [0.2, 0.25) is 5.02 Å². The van der Waals surface area contributed by atoms with Gasteiger partial charge in [0.15, 0.2) is 0 Å². The molecule has 1 aliphatic rings. The summed E-state index contributed by atoms with van der Waals surface area (Å²) < 4.78 is 22.9. The van der Waals surface area contributed by atoms with Gasteiger partial charge in [-0.2, -0.15) is 0 Å². The first-order valence-corrected chi connectivity index (χ1v) is 11.4. The molecule has 0 aliphatic heterocycles. The third-order valence-electron chi connectivity index (χ3n) is 5.39. The number of fused-ring (bicyclic) bond motifs is 2. The van der Waals surface area contributed by atoms with Crippen LogP contribution in [0.1, 0.15) is 37.8 Å². The van der Waals surface area contributed by atoms with Crippen molar-refractivity contribution in [2.75, 3.05) is 13.2 Å². The van der Waals surface area contributed by atoms with Gasteiger partial charge in [-0.3, -0.25) is 0 Å². The number of carbonyl (C=O) groups is 2. The van der Waals surface area contributed by atoms with E-state index in [0.717, 1.165) is 65.5 Å². The summed E-state index contributed by atoms with van der Waals surface area (Å²) in [4.78, 5) is 23.0. The molecular weight excluding hydrogens is 444 g/mol. The second-order valence-corrected chi connectivity index (χ2v) is 8.42. The van der Waals surface area contributed by atoms with Gasteiger partial charge in [0.1, 0.15) is 36.9 Å². The Hall–Kier alpha value is -2.99. The summed E-state index contributed by atoms with van der Waals surface area (Å²) in [6.07, 6.45) is 5.08. The Labute approximate surface area is 199 Å². The number of hydrogen-bond acceptors (Lipinski definition) is 6. The third-order valence-corrected chi connectivity index (χ3v) is 5.71. The molecule has 0 amide bonds. The second kappa shape index (κ2) is 11.2. The maximum Gasteiger partial charge on any atom is 0.330 e. The topological polar surface area (TPSA) is 71.1 Å². The van der Waals surface area contributed by atoms with Crippen LogP contribution in [0.4, 0.5) is 0 Å². The predicted octanol–water partition coefficient (Wildman–Crippen LogP) is 5.37. The van der Waals surface area contributed by atoms with Crippen LogP contribution in [0.25, 0.3) is 10.8 Å². The molecule has 0 bridgehead atoms. The molecule has 0 fully saturated rings. The monoisotopic (exact) mass is 472 g/mol. The quantitative estimate of drug-likeness (QED) is 0.342. The van der Waals surface area contributed by atoms with Crippen molar-refractivity contribution in [3.05, 3.63) is 59.7 Å². The van der Waals surface area contributed by atoms with Crippen LogP contribution < -0.4 is 9.47 Å². The molecule has 0 N–H and O–H groups in total. The second-order valence-electron chi connectivity index (χ2n) is 8.01. The lowest BCUT2D eigenvalue weighted by Crippen LogP contribution is -2.23. The van der Waals surface area contributed by atoms with Gasteiger partial charge in [-0.05, 0) is 45.6 Å². The number of rotatable bonds is 10. The molecule has 176 valence electrons. The molecular formula is C26H29ClO6. The van der Waals surface area contributed by atoms with Gasteiger partial charge in [0.2, 0.25) is 0 Å². The SMILES string of the molecule is C=CC(=O)OC(C)COc1c2c(c(OCC(C)OC(=O)C=C)c3c(Cl)cccc13)CCCC2. The van der Waals surface area contributed by atoms with E-state index in [2.05, 4.69) is 13.2 Å². The fourth-order valence-corrected chi connectivity index (χ4v) is 4.21. The fraction of sp³-hybridized carbons (Fsp3) is 0.385. The van der Waals surface area contributed by atoms with Gasteiger partial charge in [-0.25, -0.2) is 9.59 Å². The first-order chi connectivity index (χ1) is 15.8. The van der Waals surface area contributed by atoms with E-state index >= 15 is 0 Å². The van der Waals surface area contributed by atoms with Gasteiger partial charge in [0.05, 0.1) is 5.02 Å². The Morgan fingerprint density at radius 2 is 1.45 bits per heavy atom. The first-order valence-electron chi connectivity index (χ1n) is 11.0. The standard InChI is InChI=1S/C26H29ClO6/c1-5-22(28)32-16(3)14-30-25-18-10-7-8-11-19(18)26(24-20(25)12-9-13-21(24)27)31-15-17(4)33-23(29)6-2/h5-6,9,12-13,16-17H,1-2,7-8,10-11,14-15H2,3-4H3. The van der Waals surface area contributed by atoms with E-state index in [4.69, 9.17) is 30.5 Å². The molecule has 2 atom stereocenters. The number of halogens is 1. The van der Waals surface area contributed by atoms with Crippen molar-refractivity contribution in [1.29, 1.82) is 0 Å². The van der Waals surface area contributed by atoms with Crippen molar-refractivity contribution in [2.24, 2.45) is 0 Å². The Balaban J connectivity index is 1.98. The van der Waals surface area contributed by atoms with Crippen LogP contribution in [0.3, 0.4) is 0 Å². The summed E-state index contributed by atoms with van der Waals surface area (Å²) >= 11 is 6.63. The maximum absolute atomic E-state index is 11.5. The number of benzene rings is 2. The van der Waals surface area contributed by atoms with Crippen molar-refractivity contribution < 1.29 is 28.5 Å². The fourth-order valence-electron chi connectivity index (χ4n) is 3.95. The van der Waals surface area contributed by atoms with Gasteiger partial charge in [-0.15, -0.1) is 0 Å². The minimum atomic E-state index is -0.494. The van der Waals surface area contributed by atoms with Crippen molar-refractivity contribution in [3.8, 4) is 11.5 Å². The van der Waals surface area contributed by atoms with E-state index < -0.39 is 24.1 Å². The molecule has 0 radical (unpaired) electrons. The van der Waals surface area contributed by atoms with Gasteiger partial charge in [-0.1, -0.05) is 36.9 Å². The van der Waals surface area contributed by atoms with Crippen molar-refractivity contribution in [2.45, 2.75) is 51.7 Å². The molecule has 1 aliphatic carbocycles. The molecule has 0 heterocycles. The highest BCUT2D eigenvalue weighted by Gasteiger charge is 2.26. The molecule has 2 aromatic carbocycles. The Kier molecular flexibility index (Phi) is 8.39. The average Bonchev–Trinajstić information content (AvgIpc) is 2.81. The van der Waals surface area contributed by atoms with E-state index in [1.54, 1.807) is 13.8 Å². The highest BCUT2D eigenvalue weighted by Crippen LogP contribution is 2.46. The third kappa shape index (κ3) is 5.88. The predicted molar refractivity (Wildman–Crippen MR) is 128 cm³/mol. The largest absolute Gasteiger partial charge is 0.489 e. The summed E-state index contributed by atoms with van der Waals surface area (Å²) in [6.45, 7) is 10.8. The smallest absolute Gasteiger partial charge is 0.330 e. The molecule has 2 aromatic rings. The Morgan fingerprint density at radius 1 is 0.939 bits per heavy atom. The Morgan fingerprint density at radius 3 is 2.00 bits per heavy atom. The normalized spacial score (nSPS) is 14.5. The summed E-state index contributed by atoms with van der Waals surface area (Å²) in [6, 6.07) is 5.62. The summed E-state index contributed by atoms with van der Waals surface area (Å²) in [5, 5.41) is 2.13. The molecule has 7 heteroatoms. The van der Waals surface area contributed by atoms with Crippen LogP contribution in [0.15, 0.2) is 43.5 Å². The molecule has 0 aromatic heterocycles. The van der Waals surface area contributed by atoms with Crippen LogP contribution in [0, 0.1) is 0 Å². The van der Waals surface area contributed by atoms with Crippen LogP contribution in [-0.4, -0.2) is 37.4 Å². The highest BCUT2D eigenvalue weighted by atomic mass is 35.5. The zero-order valence-corrected chi connectivity index (χ0v) is 19.8. The minimum Gasteiger partial charge on any atom is -0.489 e. The number of hydrogen-bond donors (Lipinski definition) is 0. The minimum absolute atomic E-state index is 0.182. The van der Waals surface area contributed by atoms with Crippen molar-refractivity contribution in [1.82, 2.24) is 0 Å². The lowest BCUT2D eigenvalue weighted by Gasteiger charge is -2.27. The van der Waals surface area contributed by atoms with E-state index in [1.807, 2.05) is 18.2 Å². The zero-order chi connectivity index (χ0) is 24.0. The molecule has 33 heavy (non-hydrogen) atoms. The van der Waals surface area contributed by atoms with E-state index in [-0.39, 0.29) is 13.2 Å². The zero-order valence-electron chi connectivity index (χ0n) is 19.0. The van der Waals surface area contributed by atoms with Crippen LogP contribution >= 0.6 is 11.6 Å². The molecule has 3 rings (SSSR count). The van der Waals surface area contributed by atoms with Gasteiger partial charge < -0.3 is 18.9 Å². The van der Waals surface area contributed by atoms with Gasteiger partial charge >= 0.3 is 11.9 Å². The van der Waals surface area contributed by atoms with Crippen LogP contribution in [0.5, 0.6) is 11.5 Å². The lowest BCUT2D eigenvalue weighted by molar-refractivity contribution is -0.144. The van der Waals surface area contributed by atoms with Gasteiger partial charge in [0.25, 0.3) is 0 Å². The van der Waals surface area contributed by atoms with Gasteiger partial charge in [0, 0.05) is 34.1 Å². The van der Waals surface area contributed by atoms with E-state index in [0.29, 0.717) is 10.8 Å². The number of carbonyl (C=O) groups excluding carboxylic acids is 2. The molecule has 0 saturated heterocycles. The first kappa shape index (κ1) is 24.6. The average molecular weight is 473 g/mol. The summed E-state index contributed by atoms with van der Waals surface area (Å²) in [7, 11) is 0. The molecule has 0 spiro atoms. The molecule has 6 nitrogen and oxygen atoms in total. The maximum atomic E-state index is 11.5. The van der Waals surface area contributed by atoms with Crippen molar-refractivity contribution >= 4 is 34.3 Å². The summed E-state index contributed by atoms with van der Waals surface area (Å²) in [5.41, 5.74) is 2.12. The number of ether oxygens (including phenoxy) is 4. The van der Waals surface area contributed by atoms with Crippen LogP contribution in [-0.2, 0) is 31.9 Å². The molecule has 0 saturated carbocycles. The molecule has 2 unspecified atom stereocenters. The summed E-state index contributed by atoms with van der Waals surface area (Å²) in [5.74, 6) is 0.453. The lowest BCUT2D eigenvalue weighted by atomic mass is 9.87.